The SMILES string of the molecule is Cc1cnc(CNC(C)c2sc3ccccc3c2C)cn1. The molecule has 0 fully saturated rings. The van der Waals surface area contributed by atoms with Crippen molar-refractivity contribution in [2.24, 2.45) is 0 Å². The summed E-state index contributed by atoms with van der Waals surface area (Å²) in [4.78, 5) is 10.1. The van der Waals surface area contributed by atoms with E-state index in [1.165, 1.54) is 20.5 Å². The smallest absolute Gasteiger partial charge is 0.0724 e. The number of hydrogen-bond donors (Lipinski definition) is 1. The molecular formula is C17H19N3S. The van der Waals surface area contributed by atoms with E-state index in [2.05, 4.69) is 53.4 Å². The summed E-state index contributed by atoms with van der Waals surface area (Å²) in [6.45, 7) is 7.10. The van der Waals surface area contributed by atoms with Gasteiger partial charge in [-0.1, -0.05) is 18.2 Å². The van der Waals surface area contributed by atoms with E-state index in [1.54, 1.807) is 0 Å². The Balaban J connectivity index is 1.76. The highest BCUT2D eigenvalue weighted by Crippen LogP contribution is 2.34. The molecule has 21 heavy (non-hydrogen) atoms. The van der Waals surface area contributed by atoms with Crippen molar-refractivity contribution in [2.45, 2.75) is 33.4 Å². The molecular weight excluding hydrogens is 278 g/mol. The summed E-state index contributed by atoms with van der Waals surface area (Å²) >= 11 is 1.87. The van der Waals surface area contributed by atoms with Crippen LogP contribution in [0.2, 0.25) is 0 Å². The molecule has 108 valence electrons. The molecule has 0 saturated heterocycles. The number of aryl methyl sites for hydroxylation is 2. The van der Waals surface area contributed by atoms with E-state index in [0.717, 1.165) is 17.9 Å². The van der Waals surface area contributed by atoms with Crippen molar-refractivity contribution in [1.82, 2.24) is 15.3 Å². The van der Waals surface area contributed by atoms with Gasteiger partial charge in [0.15, 0.2) is 0 Å². The molecule has 2 heterocycles. The fraction of sp³-hybridized carbons (Fsp3) is 0.294. The Morgan fingerprint density at radius 1 is 1.14 bits per heavy atom. The Morgan fingerprint density at radius 2 is 1.95 bits per heavy atom. The Labute approximate surface area is 129 Å². The quantitative estimate of drug-likeness (QED) is 0.786. The largest absolute Gasteiger partial charge is 0.304 e. The highest BCUT2D eigenvalue weighted by molar-refractivity contribution is 7.19. The second-order valence-corrected chi connectivity index (χ2v) is 6.42. The lowest BCUT2D eigenvalue weighted by molar-refractivity contribution is 0.572. The molecule has 0 aliphatic rings. The highest BCUT2D eigenvalue weighted by atomic mass is 32.1. The first-order valence-corrected chi connectivity index (χ1v) is 7.95. The van der Waals surface area contributed by atoms with Gasteiger partial charge in [-0.15, -0.1) is 11.3 Å². The Kier molecular flexibility index (Phi) is 3.99. The molecule has 1 aromatic carbocycles. The van der Waals surface area contributed by atoms with Crippen molar-refractivity contribution < 1.29 is 0 Å². The number of fused-ring (bicyclic) bond motifs is 1. The first kappa shape index (κ1) is 14.2. The summed E-state index contributed by atoms with van der Waals surface area (Å²) in [5.41, 5.74) is 3.31. The van der Waals surface area contributed by atoms with Crippen molar-refractivity contribution in [3.05, 3.63) is 58.5 Å². The van der Waals surface area contributed by atoms with Gasteiger partial charge in [0.1, 0.15) is 0 Å². The van der Waals surface area contributed by atoms with Gasteiger partial charge in [0.05, 0.1) is 11.4 Å². The minimum absolute atomic E-state index is 0.311. The highest BCUT2D eigenvalue weighted by Gasteiger charge is 2.14. The predicted octanol–water partition coefficient (Wildman–Crippen LogP) is 4.16. The normalized spacial score (nSPS) is 12.7. The summed E-state index contributed by atoms with van der Waals surface area (Å²) in [6, 6.07) is 8.90. The van der Waals surface area contributed by atoms with E-state index < -0.39 is 0 Å². The average Bonchev–Trinajstić information content (AvgIpc) is 2.84. The molecule has 0 aliphatic carbocycles. The maximum Gasteiger partial charge on any atom is 0.0724 e. The summed E-state index contributed by atoms with van der Waals surface area (Å²) in [7, 11) is 0. The number of hydrogen-bond acceptors (Lipinski definition) is 4. The number of nitrogens with zero attached hydrogens (tertiary/aromatic N) is 2. The number of benzene rings is 1. The molecule has 0 aliphatic heterocycles. The van der Waals surface area contributed by atoms with Crippen LogP contribution in [0.25, 0.3) is 10.1 Å². The lowest BCUT2D eigenvalue weighted by Crippen LogP contribution is -2.18. The van der Waals surface area contributed by atoms with Gasteiger partial charge >= 0.3 is 0 Å². The van der Waals surface area contributed by atoms with Gasteiger partial charge in [-0.2, -0.15) is 0 Å². The lowest BCUT2D eigenvalue weighted by atomic mass is 10.1. The minimum Gasteiger partial charge on any atom is -0.304 e. The molecule has 3 rings (SSSR count). The van der Waals surface area contributed by atoms with Crippen LogP contribution in [-0.4, -0.2) is 9.97 Å². The van der Waals surface area contributed by atoms with E-state index in [4.69, 9.17) is 0 Å². The zero-order chi connectivity index (χ0) is 14.8. The maximum absolute atomic E-state index is 4.39. The van der Waals surface area contributed by atoms with Gasteiger partial charge in [0, 0.05) is 34.6 Å². The standard InChI is InChI=1S/C17H19N3S/c1-11-8-20-14(9-18-11)10-19-13(3)17-12(2)15-6-4-5-7-16(15)21-17/h4-9,13,19H,10H2,1-3H3. The molecule has 3 nitrogen and oxygen atoms in total. The topological polar surface area (TPSA) is 37.8 Å². The Bertz CT molecular complexity index is 746. The van der Waals surface area contributed by atoms with Crippen molar-refractivity contribution in [1.29, 1.82) is 0 Å². The molecule has 0 amide bonds. The zero-order valence-corrected chi connectivity index (χ0v) is 13.4. The molecule has 1 atom stereocenters. The molecule has 0 bridgehead atoms. The van der Waals surface area contributed by atoms with Gasteiger partial charge < -0.3 is 5.32 Å². The molecule has 0 spiro atoms. The molecule has 0 saturated carbocycles. The van der Waals surface area contributed by atoms with Crippen LogP contribution in [0.3, 0.4) is 0 Å². The lowest BCUT2D eigenvalue weighted by Gasteiger charge is -2.13. The van der Waals surface area contributed by atoms with Crippen LogP contribution in [0.5, 0.6) is 0 Å². The van der Waals surface area contributed by atoms with Crippen LogP contribution in [0.1, 0.15) is 34.8 Å². The third-order valence-corrected chi connectivity index (χ3v) is 5.15. The molecule has 0 radical (unpaired) electrons. The van der Waals surface area contributed by atoms with E-state index in [0.29, 0.717) is 6.04 Å². The molecule has 2 aromatic heterocycles. The van der Waals surface area contributed by atoms with Gasteiger partial charge in [-0.25, -0.2) is 0 Å². The Hall–Kier alpha value is -1.78. The zero-order valence-electron chi connectivity index (χ0n) is 12.6. The van der Waals surface area contributed by atoms with Crippen LogP contribution < -0.4 is 5.32 Å². The van der Waals surface area contributed by atoms with Crippen molar-refractivity contribution in [2.75, 3.05) is 0 Å². The molecule has 1 N–H and O–H groups in total. The summed E-state index contributed by atoms with van der Waals surface area (Å²) in [5, 5.41) is 4.91. The van der Waals surface area contributed by atoms with Crippen LogP contribution in [0, 0.1) is 13.8 Å². The fourth-order valence-corrected chi connectivity index (χ4v) is 3.71. The third-order valence-electron chi connectivity index (χ3n) is 3.70. The summed E-state index contributed by atoms with van der Waals surface area (Å²) < 4.78 is 1.36. The molecule has 4 heteroatoms. The number of thiophene rings is 1. The van der Waals surface area contributed by atoms with E-state index in [-0.39, 0.29) is 0 Å². The second-order valence-electron chi connectivity index (χ2n) is 5.34. The average molecular weight is 297 g/mol. The van der Waals surface area contributed by atoms with Crippen LogP contribution in [0.4, 0.5) is 0 Å². The van der Waals surface area contributed by atoms with Gasteiger partial charge in [-0.05, 0) is 37.8 Å². The number of nitrogens with one attached hydrogen (secondary N) is 1. The Morgan fingerprint density at radius 3 is 2.67 bits per heavy atom. The first-order chi connectivity index (χ1) is 10.1. The van der Waals surface area contributed by atoms with Crippen LogP contribution in [-0.2, 0) is 6.54 Å². The van der Waals surface area contributed by atoms with E-state index >= 15 is 0 Å². The van der Waals surface area contributed by atoms with Gasteiger partial charge in [-0.3, -0.25) is 9.97 Å². The maximum atomic E-state index is 4.39. The third kappa shape index (κ3) is 2.96. The summed E-state index contributed by atoms with van der Waals surface area (Å²) in [6.07, 6.45) is 3.65. The number of aromatic nitrogens is 2. The minimum atomic E-state index is 0.311. The monoisotopic (exact) mass is 297 g/mol. The number of rotatable bonds is 4. The van der Waals surface area contributed by atoms with E-state index in [9.17, 15) is 0 Å². The van der Waals surface area contributed by atoms with Crippen molar-refractivity contribution >= 4 is 21.4 Å². The van der Waals surface area contributed by atoms with Crippen molar-refractivity contribution in [3.63, 3.8) is 0 Å². The van der Waals surface area contributed by atoms with Crippen molar-refractivity contribution in [3.8, 4) is 0 Å². The first-order valence-electron chi connectivity index (χ1n) is 7.14. The predicted molar refractivity (Wildman–Crippen MR) is 88.6 cm³/mol. The summed E-state index contributed by atoms with van der Waals surface area (Å²) in [5.74, 6) is 0. The van der Waals surface area contributed by atoms with Gasteiger partial charge in [0.25, 0.3) is 0 Å². The fourth-order valence-electron chi connectivity index (χ4n) is 2.47. The second kappa shape index (κ2) is 5.92. The van der Waals surface area contributed by atoms with Gasteiger partial charge in [0.2, 0.25) is 0 Å². The van der Waals surface area contributed by atoms with Crippen LogP contribution in [0.15, 0.2) is 36.7 Å². The molecule has 3 aromatic rings. The molecule has 1 unspecified atom stereocenters. The van der Waals surface area contributed by atoms with E-state index in [1.807, 2.05) is 30.7 Å². The van der Waals surface area contributed by atoms with Crippen LogP contribution >= 0.6 is 11.3 Å².